The maximum absolute atomic E-state index is 12.9. The Labute approximate surface area is 139 Å². The van der Waals surface area contributed by atoms with E-state index in [0.717, 1.165) is 31.5 Å². The first kappa shape index (κ1) is 16.6. The van der Waals surface area contributed by atoms with Crippen LogP contribution in [0, 0.1) is 5.41 Å². The van der Waals surface area contributed by atoms with Crippen LogP contribution in [0.25, 0.3) is 0 Å². The molecule has 2 fully saturated rings. The molecule has 1 amide bonds. The number of likely N-dealkylation sites (tertiary alicyclic amines) is 1. The number of amides is 1. The van der Waals surface area contributed by atoms with Crippen molar-refractivity contribution in [3.05, 3.63) is 24.0 Å². The fourth-order valence-corrected chi connectivity index (χ4v) is 4.40. The average molecular weight is 318 g/mol. The lowest BCUT2D eigenvalue weighted by Gasteiger charge is -2.43. The Morgan fingerprint density at radius 3 is 2.70 bits per heavy atom. The quantitative estimate of drug-likeness (QED) is 0.834. The second kappa shape index (κ2) is 5.97. The number of methoxy groups -OCH3 is 1. The predicted molar refractivity (Wildman–Crippen MR) is 91.6 cm³/mol. The first-order valence-electron chi connectivity index (χ1n) is 8.86. The van der Waals surface area contributed by atoms with Crippen LogP contribution in [-0.2, 0) is 10.3 Å². The summed E-state index contributed by atoms with van der Waals surface area (Å²) in [7, 11) is 1.82. The fourth-order valence-electron chi connectivity index (χ4n) is 4.40. The Balaban J connectivity index is 1.76. The number of hydrogen-bond acceptors (Lipinski definition) is 2. The van der Waals surface area contributed by atoms with E-state index < -0.39 is 0 Å². The number of carbonyl (C=O) groups is 1. The van der Waals surface area contributed by atoms with Crippen molar-refractivity contribution in [3.63, 3.8) is 0 Å². The zero-order valence-electron chi connectivity index (χ0n) is 15.0. The average Bonchev–Trinajstić information content (AvgIpc) is 3.13. The molecule has 1 aromatic heterocycles. The topological polar surface area (TPSA) is 34.5 Å². The third kappa shape index (κ3) is 3.06. The third-order valence-corrected chi connectivity index (χ3v) is 5.72. The Morgan fingerprint density at radius 1 is 1.30 bits per heavy atom. The van der Waals surface area contributed by atoms with Crippen molar-refractivity contribution < 1.29 is 9.53 Å². The lowest BCUT2D eigenvalue weighted by atomic mass is 9.76. The summed E-state index contributed by atoms with van der Waals surface area (Å²) in [6.45, 7) is 8.18. The molecule has 1 aromatic rings. The molecule has 1 aliphatic heterocycles. The molecule has 2 atom stereocenters. The highest BCUT2D eigenvalue weighted by molar-refractivity contribution is 5.94. The van der Waals surface area contributed by atoms with E-state index in [4.69, 9.17) is 4.74 Å². The Morgan fingerprint density at radius 2 is 2.04 bits per heavy atom. The minimum atomic E-state index is 0.00818. The van der Waals surface area contributed by atoms with Crippen molar-refractivity contribution in [2.75, 3.05) is 20.2 Å². The van der Waals surface area contributed by atoms with Crippen molar-refractivity contribution in [3.8, 4) is 0 Å². The highest BCUT2D eigenvalue weighted by Gasteiger charge is 2.46. The standard InChI is InChI=1S/C19H30N2O2/c1-18(2,3)21-12-8-15(13-21)17(22)20-11-6-10-19(14-20)9-5-7-16(19)23-4/h8,12-13,16H,5-7,9-11,14H2,1-4H3/t16-,19-/m1/s1. The van der Waals surface area contributed by atoms with Gasteiger partial charge in [-0.3, -0.25) is 4.79 Å². The molecule has 1 spiro atoms. The number of piperidine rings is 1. The zero-order valence-corrected chi connectivity index (χ0v) is 15.0. The van der Waals surface area contributed by atoms with Gasteiger partial charge in [-0.15, -0.1) is 0 Å². The molecule has 0 unspecified atom stereocenters. The van der Waals surface area contributed by atoms with E-state index in [1.54, 1.807) is 0 Å². The van der Waals surface area contributed by atoms with Gasteiger partial charge in [-0.25, -0.2) is 0 Å². The lowest BCUT2D eigenvalue weighted by Crippen LogP contribution is -2.49. The van der Waals surface area contributed by atoms with E-state index in [0.29, 0.717) is 6.10 Å². The van der Waals surface area contributed by atoms with Crippen LogP contribution in [0.2, 0.25) is 0 Å². The van der Waals surface area contributed by atoms with Gasteiger partial charge >= 0.3 is 0 Å². The van der Waals surface area contributed by atoms with E-state index in [-0.39, 0.29) is 16.9 Å². The third-order valence-electron chi connectivity index (χ3n) is 5.72. The number of nitrogens with zero attached hydrogens (tertiary/aromatic N) is 2. The van der Waals surface area contributed by atoms with Gasteiger partial charge in [0.05, 0.1) is 11.7 Å². The summed E-state index contributed by atoms with van der Waals surface area (Å²) in [4.78, 5) is 15.0. The number of carbonyl (C=O) groups excluding carboxylic acids is 1. The molecule has 4 heteroatoms. The Bertz CT molecular complexity index is 572. The van der Waals surface area contributed by atoms with Gasteiger partial charge in [-0.2, -0.15) is 0 Å². The minimum absolute atomic E-state index is 0.00818. The van der Waals surface area contributed by atoms with E-state index in [9.17, 15) is 4.79 Å². The fraction of sp³-hybridized carbons (Fsp3) is 0.737. The van der Waals surface area contributed by atoms with Crippen LogP contribution in [0.4, 0.5) is 0 Å². The Hall–Kier alpha value is -1.29. The van der Waals surface area contributed by atoms with Gasteiger partial charge in [0.25, 0.3) is 5.91 Å². The molecule has 23 heavy (non-hydrogen) atoms. The van der Waals surface area contributed by atoms with Gasteiger partial charge in [0.1, 0.15) is 0 Å². The largest absolute Gasteiger partial charge is 0.381 e. The summed E-state index contributed by atoms with van der Waals surface area (Å²) in [6, 6.07) is 1.96. The SMILES string of the molecule is CO[C@@H]1CCC[C@]12CCCN(C(=O)c1ccn(C(C)(C)C)c1)C2. The van der Waals surface area contributed by atoms with Crippen LogP contribution < -0.4 is 0 Å². The van der Waals surface area contributed by atoms with Crippen LogP contribution in [0.15, 0.2) is 18.5 Å². The molecule has 4 nitrogen and oxygen atoms in total. The van der Waals surface area contributed by atoms with E-state index >= 15 is 0 Å². The minimum Gasteiger partial charge on any atom is -0.381 e. The second-order valence-electron chi connectivity index (χ2n) is 8.29. The number of hydrogen-bond donors (Lipinski definition) is 0. The van der Waals surface area contributed by atoms with Crippen LogP contribution >= 0.6 is 0 Å². The molecule has 2 aliphatic rings. The van der Waals surface area contributed by atoms with Crippen molar-refractivity contribution in [1.82, 2.24) is 9.47 Å². The van der Waals surface area contributed by atoms with E-state index in [1.165, 1.54) is 19.3 Å². The summed E-state index contributed by atoms with van der Waals surface area (Å²) in [5.74, 6) is 0.175. The molecule has 0 aromatic carbocycles. The maximum atomic E-state index is 12.9. The molecule has 1 aliphatic carbocycles. The Kier molecular flexibility index (Phi) is 4.30. The number of ether oxygens (including phenoxy) is 1. The first-order valence-corrected chi connectivity index (χ1v) is 8.86. The summed E-state index contributed by atoms with van der Waals surface area (Å²) >= 11 is 0. The molecular formula is C19H30N2O2. The lowest BCUT2D eigenvalue weighted by molar-refractivity contribution is -0.0295. The molecule has 0 bridgehead atoms. The van der Waals surface area contributed by atoms with E-state index in [2.05, 4.69) is 30.2 Å². The van der Waals surface area contributed by atoms with Gasteiger partial charge in [0, 0.05) is 43.5 Å². The summed E-state index contributed by atoms with van der Waals surface area (Å²) in [5.41, 5.74) is 1.01. The van der Waals surface area contributed by atoms with Gasteiger partial charge in [-0.05, 0) is 52.5 Å². The number of rotatable bonds is 2. The normalized spacial score (nSPS) is 28.5. The van der Waals surface area contributed by atoms with Gasteiger partial charge < -0.3 is 14.2 Å². The molecular weight excluding hydrogens is 288 g/mol. The summed E-state index contributed by atoms with van der Waals surface area (Å²) < 4.78 is 7.86. The molecule has 1 saturated carbocycles. The van der Waals surface area contributed by atoms with Crippen LogP contribution in [0.1, 0.15) is 63.2 Å². The van der Waals surface area contributed by atoms with Crippen molar-refractivity contribution in [2.24, 2.45) is 5.41 Å². The van der Waals surface area contributed by atoms with E-state index in [1.807, 2.05) is 25.6 Å². The molecule has 128 valence electrons. The predicted octanol–water partition coefficient (Wildman–Crippen LogP) is 3.66. The molecule has 3 rings (SSSR count). The van der Waals surface area contributed by atoms with Gasteiger partial charge in [-0.1, -0.05) is 6.42 Å². The van der Waals surface area contributed by atoms with Crippen molar-refractivity contribution >= 4 is 5.91 Å². The molecule has 0 N–H and O–H groups in total. The monoisotopic (exact) mass is 318 g/mol. The highest BCUT2D eigenvalue weighted by Crippen LogP contribution is 2.46. The highest BCUT2D eigenvalue weighted by atomic mass is 16.5. The molecule has 0 radical (unpaired) electrons. The van der Waals surface area contributed by atoms with Gasteiger partial charge in [0.2, 0.25) is 0 Å². The van der Waals surface area contributed by atoms with Crippen LogP contribution in [-0.4, -0.2) is 41.7 Å². The van der Waals surface area contributed by atoms with Gasteiger partial charge in [0.15, 0.2) is 0 Å². The zero-order chi connectivity index (χ0) is 16.7. The van der Waals surface area contributed by atoms with Crippen LogP contribution in [0.3, 0.4) is 0 Å². The summed E-state index contributed by atoms with van der Waals surface area (Å²) in [6.07, 6.45) is 10.2. The molecule has 2 heterocycles. The van der Waals surface area contributed by atoms with Crippen LogP contribution in [0.5, 0.6) is 0 Å². The smallest absolute Gasteiger partial charge is 0.255 e. The number of aromatic nitrogens is 1. The maximum Gasteiger partial charge on any atom is 0.255 e. The second-order valence-corrected chi connectivity index (χ2v) is 8.29. The summed E-state index contributed by atoms with van der Waals surface area (Å²) in [5, 5.41) is 0. The first-order chi connectivity index (χ1) is 10.9. The van der Waals surface area contributed by atoms with Crippen molar-refractivity contribution in [1.29, 1.82) is 0 Å². The van der Waals surface area contributed by atoms with Crippen molar-refractivity contribution in [2.45, 2.75) is 64.5 Å². The molecule has 1 saturated heterocycles.